The molecule has 2 atom stereocenters. The van der Waals surface area contributed by atoms with Gasteiger partial charge in [0.25, 0.3) is 0 Å². The van der Waals surface area contributed by atoms with Gasteiger partial charge in [-0.05, 0) is 55.8 Å². The lowest BCUT2D eigenvalue weighted by Gasteiger charge is -2.46. The SMILES string of the molecule is C[C@@H](Nc1nc(N2CC([C@H]3CCCN(CCO)C3)C2)nc2cc(Cl)nn12)c1ccc(Cl)cc1Cl. The zero-order valence-corrected chi connectivity index (χ0v) is 21.2. The summed E-state index contributed by atoms with van der Waals surface area (Å²) in [6.45, 7) is 6.99. The van der Waals surface area contributed by atoms with E-state index in [9.17, 15) is 5.11 Å². The quantitative estimate of drug-likeness (QED) is 0.474. The highest BCUT2D eigenvalue weighted by atomic mass is 35.5. The first-order valence-electron chi connectivity index (χ1n) is 11.6. The number of hydrogen-bond donors (Lipinski definition) is 2. The first-order valence-corrected chi connectivity index (χ1v) is 12.8. The highest BCUT2D eigenvalue weighted by Crippen LogP contribution is 2.34. The number of nitrogens with zero attached hydrogens (tertiary/aromatic N) is 6. The van der Waals surface area contributed by atoms with E-state index >= 15 is 0 Å². The molecule has 182 valence electrons. The lowest BCUT2D eigenvalue weighted by molar-refractivity contribution is 0.101. The molecule has 2 saturated heterocycles. The van der Waals surface area contributed by atoms with Gasteiger partial charge in [-0.25, -0.2) is 0 Å². The molecule has 11 heteroatoms. The van der Waals surface area contributed by atoms with Crippen LogP contribution in [0.2, 0.25) is 15.2 Å². The first-order chi connectivity index (χ1) is 16.4. The van der Waals surface area contributed by atoms with Crippen LogP contribution in [-0.4, -0.2) is 68.9 Å². The second-order valence-electron chi connectivity index (χ2n) is 9.21. The van der Waals surface area contributed by atoms with Crippen LogP contribution in [0.5, 0.6) is 0 Å². The molecular formula is C23H28Cl3N7O. The van der Waals surface area contributed by atoms with Gasteiger partial charge >= 0.3 is 0 Å². The third kappa shape index (κ3) is 4.93. The fourth-order valence-electron chi connectivity index (χ4n) is 5.00. The number of hydrogen-bond acceptors (Lipinski definition) is 7. The number of β-amino-alcohol motifs (C(OH)–C–C–N with tert-alkyl or cyclic N) is 1. The molecule has 5 rings (SSSR count). The average molecular weight is 525 g/mol. The summed E-state index contributed by atoms with van der Waals surface area (Å²) in [5, 5.41) is 18.6. The van der Waals surface area contributed by atoms with E-state index in [0.717, 1.165) is 38.3 Å². The number of piperidine rings is 1. The maximum atomic E-state index is 9.28. The van der Waals surface area contributed by atoms with Crippen molar-refractivity contribution >= 4 is 52.3 Å². The first kappa shape index (κ1) is 23.9. The predicted octanol–water partition coefficient (Wildman–Crippen LogP) is 4.40. The molecule has 8 nitrogen and oxygen atoms in total. The zero-order chi connectivity index (χ0) is 23.8. The van der Waals surface area contributed by atoms with Gasteiger partial charge in [0.2, 0.25) is 11.9 Å². The fourth-order valence-corrected chi connectivity index (χ4v) is 5.75. The maximum absolute atomic E-state index is 9.28. The molecule has 2 aromatic heterocycles. The van der Waals surface area contributed by atoms with Crippen molar-refractivity contribution in [2.75, 3.05) is 49.5 Å². The number of aliphatic hydroxyl groups excluding tert-OH is 1. The van der Waals surface area contributed by atoms with E-state index in [0.29, 0.717) is 44.6 Å². The second kappa shape index (κ2) is 10.0. The molecule has 0 unspecified atom stereocenters. The van der Waals surface area contributed by atoms with Crippen molar-refractivity contribution in [1.82, 2.24) is 24.5 Å². The third-order valence-corrected chi connectivity index (χ3v) is 7.62. The fraction of sp³-hybridized carbons (Fsp3) is 0.522. The Morgan fingerprint density at radius 3 is 2.71 bits per heavy atom. The number of aliphatic hydroxyl groups is 1. The molecular weight excluding hydrogens is 497 g/mol. The number of anilines is 2. The summed E-state index contributed by atoms with van der Waals surface area (Å²) < 4.78 is 1.62. The smallest absolute Gasteiger partial charge is 0.230 e. The highest BCUT2D eigenvalue weighted by molar-refractivity contribution is 6.35. The van der Waals surface area contributed by atoms with E-state index in [2.05, 4.69) is 20.2 Å². The van der Waals surface area contributed by atoms with E-state index in [1.165, 1.54) is 12.8 Å². The van der Waals surface area contributed by atoms with Crippen LogP contribution in [0, 0.1) is 11.8 Å². The summed E-state index contributed by atoms with van der Waals surface area (Å²) in [5.41, 5.74) is 1.55. The Hall–Kier alpha value is -1.84. The van der Waals surface area contributed by atoms with Crippen LogP contribution < -0.4 is 10.2 Å². The van der Waals surface area contributed by atoms with Crippen LogP contribution in [0.1, 0.15) is 31.4 Å². The van der Waals surface area contributed by atoms with Crippen LogP contribution >= 0.6 is 34.8 Å². The molecule has 1 aromatic carbocycles. The van der Waals surface area contributed by atoms with Crippen LogP contribution in [0.3, 0.4) is 0 Å². The van der Waals surface area contributed by atoms with E-state index in [4.69, 9.17) is 44.8 Å². The van der Waals surface area contributed by atoms with Crippen LogP contribution in [-0.2, 0) is 0 Å². The molecule has 2 N–H and O–H groups in total. The number of aromatic nitrogens is 4. The number of halogens is 3. The second-order valence-corrected chi connectivity index (χ2v) is 10.4. The van der Waals surface area contributed by atoms with Crippen molar-refractivity contribution in [3.63, 3.8) is 0 Å². The van der Waals surface area contributed by atoms with E-state index in [1.807, 2.05) is 19.1 Å². The molecule has 0 aliphatic carbocycles. The Morgan fingerprint density at radius 2 is 1.94 bits per heavy atom. The molecule has 2 aliphatic rings. The number of rotatable bonds is 7. The largest absolute Gasteiger partial charge is 0.395 e. The lowest BCUT2D eigenvalue weighted by atomic mass is 9.81. The Morgan fingerprint density at radius 1 is 1.12 bits per heavy atom. The minimum absolute atomic E-state index is 0.137. The predicted molar refractivity (Wildman–Crippen MR) is 136 cm³/mol. The van der Waals surface area contributed by atoms with Gasteiger partial charge in [-0.3, -0.25) is 0 Å². The summed E-state index contributed by atoms with van der Waals surface area (Å²) in [7, 11) is 0. The Labute approximate surface area is 213 Å². The van der Waals surface area contributed by atoms with Gasteiger partial charge in [0, 0.05) is 42.3 Å². The van der Waals surface area contributed by atoms with Crippen LogP contribution in [0.4, 0.5) is 11.9 Å². The molecule has 0 radical (unpaired) electrons. The maximum Gasteiger partial charge on any atom is 0.230 e. The molecule has 0 amide bonds. The number of benzene rings is 1. The van der Waals surface area contributed by atoms with E-state index < -0.39 is 0 Å². The minimum atomic E-state index is -0.137. The number of nitrogens with one attached hydrogen (secondary N) is 1. The summed E-state index contributed by atoms with van der Waals surface area (Å²) in [6.07, 6.45) is 2.43. The Kier molecular flexibility index (Phi) is 7.04. The van der Waals surface area contributed by atoms with Crippen molar-refractivity contribution in [1.29, 1.82) is 0 Å². The minimum Gasteiger partial charge on any atom is -0.395 e. The highest BCUT2D eigenvalue weighted by Gasteiger charge is 2.37. The summed E-state index contributed by atoms with van der Waals surface area (Å²) >= 11 is 18.7. The molecule has 0 spiro atoms. The molecule has 4 heterocycles. The van der Waals surface area contributed by atoms with Gasteiger partial charge in [-0.2, -0.15) is 19.6 Å². The van der Waals surface area contributed by atoms with Crippen molar-refractivity contribution in [3.8, 4) is 0 Å². The summed E-state index contributed by atoms with van der Waals surface area (Å²) in [6, 6.07) is 7.06. The normalized spacial score (nSPS) is 20.5. The van der Waals surface area contributed by atoms with Crippen molar-refractivity contribution in [2.24, 2.45) is 11.8 Å². The lowest BCUT2D eigenvalue weighted by Crippen LogP contribution is -2.54. The van der Waals surface area contributed by atoms with Gasteiger partial charge < -0.3 is 20.2 Å². The zero-order valence-electron chi connectivity index (χ0n) is 19.0. The van der Waals surface area contributed by atoms with Crippen LogP contribution in [0.25, 0.3) is 5.65 Å². The topological polar surface area (TPSA) is 81.8 Å². The third-order valence-electron chi connectivity index (χ3n) is 6.87. The molecule has 0 saturated carbocycles. The van der Waals surface area contributed by atoms with Crippen LogP contribution in [0.15, 0.2) is 24.3 Å². The molecule has 34 heavy (non-hydrogen) atoms. The van der Waals surface area contributed by atoms with Crippen molar-refractivity contribution in [2.45, 2.75) is 25.8 Å². The molecule has 2 aliphatic heterocycles. The van der Waals surface area contributed by atoms with Gasteiger partial charge in [0.15, 0.2) is 10.8 Å². The molecule has 3 aromatic rings. The number of likely N-dealkylation sites (tertiary alicyclic amines) is 1. The van der Waals surface area contributed by atoms with Gasteiger partial charge in [-0.1, -0.05) is 40.9 Å². The standard InChI is InChI=1S/C23H28Cl3N7O/c1-14(18-5-4-17(24)9-19(18)25)27-23-29-22(28-21-10-20(26)30-33(21)23)32-12-16(13-32)15-3-2-6-31(11-15)7-8-34/h4-5,9-10,14-16,34H,2-3,6-8,11-13H2,1H3,(H,27,28,29)/t14-,15+/m1/s1. The monoisotopic (exact) mass is 523 g/mol. The van der Waals surface area contributed by atoms with Crippen molar-refractivity contribution < 1.29 is 5.11 Å². The summed E-state index contributed by atoms with van der Waals surface area (Å²) in [5.74, 6) is 2.48. The molecule has 0 bridgehead atoms. The van der Waals surface area contributed by atoms with Gasteiger partial charge in [0.1, 0.15) is 0 Å². The summed E-state index contributed by atoms with van der Waals surface area (Å²) in [4.78, 5) is 14.1. The van der Waals surface area contributed by atoms with E-state index in [1.54, 1.807) is 16.6 Å². The van der Waals surface area contributed by atoms with Gasteiger partial charge in [-0.15, -0.1) is 0 Å². The Bertz CT molecular complexity index is 1160. The van der Waals surface area contributed by atoms with Crippen molar-refractivity contribution in [3.05, 3.63) is 45.0 Å². The average Bonchev–Trinajstić information content (AvgIpc) is 3.14. The molecule has 2 fully saturated rings. The Balaban J connectivity index is 1.33. The van der Waals surface area contributed by atoms with E-state index in [-0.39, 0.29) is 12.6 Å². The van der Waals surface area contributed by atoms with Gasteiger partial charge in [0.05, 0.1) is 12.6 Å². The number of fused-ring (bicyclic) bond motifs is 1.